The van der Waals surface area contributed by atoms with Gasteiger partial charge in [-0.1, -0.05) is 32.8 Å². The summed E-state index contributed by atoms with van der Waals surface area (Å²) in [7, 11) is 0. The van der Waals surface area contributed by atoms with Crippen LogP contribution in [-0.4, -0.2) is 6.04 Å². The molecule has 0 fully saturated rings. The number of hydrogen-bond donors (Lipinski definition) is 1. The van der Waals surface area contributed by atoms with Gasteiger partial charge in [0, 0.05) is 11.7 Å². The van der Waals surface area contributed by atoms with Crippen LogP contribution in [0.15, 0.2) is 18.2 Å². The third-order valence-corrected chi connectivity index (χ3v) is 3.31. The molecule has 1 rings (SSSR count). The molecular weight excluding hydrogens is 251 g/mol. The van der Waals surface area contributed by atoms with E-state index in [1.807, 2.05) is 6.92 Å². The van der Waals surface area contributed by atoms with Gasteiger partial charge in [-0.05, 0) is 37.5 Å². The maximum atomic E-state index is 12.8. The van der Waals surface area contributed by atoms with Crippen molar-refractivity contribution in [2.75, 3.05) is 5.32 Å². The highest BCUT2D eigenvalue weighted by molar-refractivity contribution is 5.50. The Balaban J connectivity index is 2.84. The Morgan fingerprint density at radius 1 is 1.21 bits per heavy atom. The molecule has 0 spiro atoms. The molecule has 0 saturated heterocycles. The van der Waals surface area contributed by atoms with E-state index in [1.165, 1.54) is 19.1 Å². The minimum absolute atomic E-state index is 0.240. The van der Waals surface area contributed by atoms with Crippen LogP contribution in [0.1, 0.15) is 50.7 Å². The number of rotatable bonds is 6. The lowest BCUT2D eigenvalue weighted by Gasteiger charge is -2.19. The molecule has 0 aliphatic rings. The molecule has 0 aliphatic carbocycles. The summed E-state index contributed by atoms with van der Waals surface area (Å²) in [5.74, 6) is 0. The quantitative estimate of drug-likeness (QED) is 0.732. The van der Waals surface area contributed by atoms with E-state index in [2.05, 4.69) is 12.2 Å². The zero-order valence-corrected chi connectivity index (χ0v) is 11.8. The smallest absolute Gasteiger partial charge is 0.382 e. The van der Waals surface area contributed by atoms with Crippen molar-refractivity contribution in [3.8, 4) is 0 Å². The highest BCUT2D eigenvalue weighted by Crippen LogP contribution is 2.33. The lowest BCUT2D eigenvalue weighted by molar-refractivity contribution is -0.138. The highest BCUT2D eigenvalue weighted by atomic mass is 19.4. The minimum atomic E-state index is -4.28. The molecule has 0 aromatic heterocycles. The number of halogens is 3. The molecule has 0 heterocycles. The second-order valence-electron chi connectivity index (χ2n) is 4.92. The van der Waals surface area contributed by atoms with Crippen molar-refractivity contribution in [1.82, 2.24) is 0 Å². The van der Waals surface area contributed by atoms with Gasteiger partial charge < -0.3 is 5.32 Å². The van der Waals surface area contributed by atoms with Gasteiger partial charge in [0.05, 0.1) is 5.56 Å². The van der Waals surface area contributed by atoms with Crippen LogP contribution in [0.25, 0.3) is 0 Å². The molecule has 19 heavy (non-hydrogen) atoms. The van der Waals surface area contributed by atoms with Crippen molar-refractivity contribution in [2.24, 2.45) is 0 Å². The fourth-order valence-electron chi connectivity index (χ4n) is 2.08. The molecule has 0 bridgehead atoms. The number of aryl methyl sites for hydroxylation is 1. The zero-order chi connectivity index (χ0) is 14.5. The monoisotopic (exact) mass is 273 g/mol. The third kappa shape index (κ3) is 4.77. The summed E-state index contributed by atoms with van der Waals surface area (Å²) in [6, 6.07) is 4.70. The first-order valence-corrected chi connectivity index (χ1v) is 6.82. The van der Waals surface area contributed by atoms with Gasteiger partial charge >= 0.3 is 6.18 Å². The fraction of sp³-hybridized carbons (Fsp3) is 0.600. The largest absolute Gasteiger partial charge is 0.416 e. The van der Waals surface area contributed by atoms with Crippen LogP contribution >= 0.6 is 0 Å². The van der Waals surface area contributed by atoms with Gasteiger partial charge in [0.15, 0.2) is 0 Å². The molecule has 1 atom stereocenters. The summed E-state index contributed by atoms with van der Waals surface area (Å²) in [4.78, 5) is 0. The number of hydrogen-bond acceptors (Lipinski definition) is 1. The van der Waals surface area contributed by atoms with Crippen LogP contribution in [0, 0.1) is 6.92 Å². The summed E-state index contributed by atoms with van der Waals surface area (Å²) < 4.78 is 38.5. The van der Waals surface area contributed by atoms with Crippen LogP contribution in [-0.2, 0) is 6.18 Å². The molecule has 108 valence electrons. The molecule has 4 heteroatoms. The topological polar surface area (TPSA) is 12.0 Å². The second kappa shape index (κ2) is 6.83. The van der Waals surface area contributed by atoms with Crippen molar-refractivity contribution in [3.05, 3.63) is 29.3 Å². The molecule has 1 nitrogen and oxygen atoms in total. The van der Waals surface area contributed by atoms with Gasteiger partial charge in [0.1, 0.15) is 0 Å². The maximum Gasteiger partial charge on any atom is 0.416 e. The second-order valence-corrected chi connectivity index (χ2v) is 4.92. The Hall–Kier alpha value is -1.19. The first-order valence-electron chi connectivity index (χ1n) is 6.82. The lowest BCUT2D eigenvalue weighted by atomic mass is 10.0. The van der Waals surface area contributed by atoms with Crippen molar-refractivity contribution in [1.29, 1.82) is 0 Å². The molecule has 0 amide bonds. The number of unbranched alkanes of at least 4 members (excludes halogenated alkanes) is 1. The van der Waals surface area contributed by atoms with Gasteiger partial charge in [-0.2, -0.15) is 13.2 Å². The van der Waals surface area contributed by atoms with Crippen molar-refractivity contribution in [2.45, 2.75) is 58.7 Å². The number of nitrogens with one attached hydrogen (secondary N) is 1. The van der Waals surface area contributed by atoms with Gasteiger partial charge in [-0.3, -0.25) is 0 Å². The normalized spacial score (nSPS) is 13.4. The summed E-state index contributed by atoms with van der Waals surface area (Å²) >= 11 is 0. The number of anilines is 1. The van der Waals surface area contributed by atoms with Gasteiger partial charge in [0.2, 0.25) is 0 Å². The third-order valence-electron chi connectivity index (χ3n) is 3.31. The Labute approximate surface area is 113 Å². The molecule has 0 aliphatic heterocycles. The molecular formula is C15H22F3N. The van der Waals surface area contributed by atoms with E-state index >= 15 is 0 Å². The predicted molar refractivity (Wildman–Crippen MR) is 73.4 cm³/mol. The first kappa shape index (κ1) is 15.9. The SMILES string of the molecule is CCCCC(CC)Nc1ccc(C)c(C(F)(F)F)c1. The number of benzene rings is 1. The summed E-state index contributed by atoms with van der Waals surface area (Å²) in [6.45, 7) is 5.65. The minimum Gasteiger partial charge on any atom is -0.382 e. The zero-order valence-electron chi connectivity index (χ0n) is 11.8. The van der Waals surface area contributed by atoms with Crippen LogP contribution in [0.5, 0.6) is 0 Å². The van der Waals surface area contributed by atoms with E-state index in [9.17, 15) is 13.2 Å². The standard InChI is InChI=1S/C15H22F3N/c1-4-6-7-12(5-2)19-13-9-8-11(3)14(10-13)15(16,17)18/h8-10,12,19H,4-7H2,1-3H3. The molecule has 0 saturated carbocycles. The molecule has 1 unspecified atom stereocenters. The summed E-state index contributed by atoms with van der Waals surface area (Å²) in [5.41, 5.74) is 0.267. The summed E-state index contributed by atoms with van der Waals surface area (Å²) in [5, 5.41) is 3.20. The van der Waals surface area contributed by atoms with E-state index in [0.717, 1.165) is 25.7 Å². The Morgan fingerprint density at radius 3 is 2.42 bits per heavy atom. The van der Waals surface area contributed by atoms with Crippen LogP contribution in [0.4, 0.5) is 18.9 Å². The fourth-order valence-corrected chi connectivity index (χ4v) is 2.08. The van der Waals surface area contributed by atoms with E-state index in [1.54, 1.807) is 6.07 Å². The molecule has 1 N–H and O–H groups in total. The van der Waals surface area contributed by atoms with Gasteiger partial charge in [-0.15, -0.1) is 0 Å². The Morgan fingerprint density at radius 2 is 1.89 bits per heavy atom. The Kier molecular flexibility index (Phi) is 5.70. The summed E-state index contributed by atoms with van der Waals surface area (Å²) in [6.07, 6.45) is -0.201. The van der Waals surface area contributed by atoms with Crippen LogP contribution in [0.3, 0.4) is 0 Å². The average molecular weight is 273 g/mol. The highest BCUT2D eigenvalue weighted by Gasteiger charge is 2.32. The molecule has 1 aromatic carbocycles. The molecule has 1 aromatic rings. The predicted octanol–water partition coefficient (Wildman–Crippen LogP) is 5.39. The van der Waals surface area contributed by atoms with Crippen LogP contribution in [0.2, 0.25) is 0 Å². The van der Waals surface area contributed by atoms with Crippen molar-refractivity contribution in [3.63, 3.8) is 0 Å². The van der Waals surface area contributed by atoms with Gasteiger partial charge in [0.25, 0.3) is 0 Å². The average Bonchev–Trinajstić information content (AvgIpc) is 2.35. The van der Waals surface area contributed by atoms with E-state index < -0.39 is 11.7 Å². The Bertz CT molecular complexity index is 399. The van der Waals surface area contributed by atoms with Crippen LogP contribution < -0.4 is 5.32 Å². The van der Waals surface area contributed by atoms with E-state index in [4.69, 9.17) is 0 Å². The van der Waals surface area contributed by atoms with E-state index in [0.29, 0.717) is 5.69 Å². The van der Waals surface area contributed by atoms with E-state index in [-0.39, 0.29) is 11.6 Å². The maximum absolute atomic E-state index is 12.8. The first-order chi connectivity index (χ1) is 8.88. The number of alkyl halides is 3. The van der Waals surface area contributed by atoms with Crippen molar-refractivity contribution >= 4 is 5.69 Å². The lowest BCUT2D eigenvalue weighted by Crippen LogP contribution is -2.19. The van der Waals surface area contributed by atoms with Crippen molar-refractivity contribution < 1.29 is 13.2 Å². The van der Waals surface area contributed by atoms with Gasteiger partial charge in [-0.25, -0.2) is 0 Å². The molecule has 0 radical (unpaired) electrons.